The van der Waals surface area contributed by atoms with E-state index in [1.54, 1.807) is 12.3 Å². The number of fused-ring (bicyclic) bond motifs is 1. The Kier molecular flexibility index (Phi) is 6.61. The van der Waals surface area contributed by atoms with Crippen LogP contribution < -0.4 is 10.2 Å². The predicted molar refractivity (Wildman–Crippen MR) is 126 cm³/mol. The second kappa shape index (κ2) is 9.43. The molecule has 33 heavy (non-hydrogen) atoms. The topological polar surface area (TPSA) is 93.1 Å². The van der Waals surface area contributed by atoms with E-state index in [1.165, 1.54) is 6.07 Å². The van der Waals surface area contributed by atoms with E-state index >= 15 is 0 Å². The Labute approximate surface area is 192 Å². The van der Waals surface area contributed by atoms with Gasteiger partial charge in [0.1, 0.15) is 11.3 Å². The van der Waals surface area contributed by atoms with Gasteiger partial charge in [0.25, 0.3) is 0 Å². The van der Waals surface area contributed by atoms with E-state index in [4.69, 9.17) is 13.6 Å². The molecule has 1 fully saturated rings. The minimum atomic E-state index is -1.05. The van der Waals surface area contributed by atoms with Crippen LogP contribution >= 0.6 is 0 Å². The van der Waals surface area contributed by atoms with Crippen LogP contribution in [0.5, 0.6) is 5.75 Å². The molecule has 1 N–H and O–H groups in total. The Hall–Kier alpha value is -3.06. The molecule has 4 rings (SSSR count). The van der Waals surface area contributed by atoms with Crippen LogP contribution in [0.4, 0.5) is 0 Å². The summed E-state index contributed by atoms with van der Waals surface area (Å²) in [5, 5.41) is 10.1. The first kappa shape index (κ1) is 23.1. The van der Waals surface area contributed by atoms with Gasteiger partial charge in [0, 0.05) is 18.4 Å². The number of benzene rings is 1. The molecule has 2 heterocycles. The van der Waals surface area contributed by atoms with E-state index in [-0.39, 0.29) is 28.6 Å². The molecule has 7 heteroatoms. The van der Waals surface area contributed by atoms with Gasteiger partial charge in [-0.2, -0.15) is 0 Å². The molecule has 3 aromatic rings. The number of furan rings is 1. The lowest BCUT2D eigenvalue weighted by atomic mass is 9.98. The van der Waals surface area contributed by atoms with E-state index in [9.17, 15) is 14.7 Å². The molecule has 2 aromatic heterocycles. The fraction of sp³-hybridized carbons (Fsp3) is 0.462. The molecule has 7 nitrogen and oxygen atoms in total. The first-order valence-electron chi connectivity index (χ1n) is 11.7. The van der Waals surface area contributed by atoms with Crippen LogP contribution in [-0.4, -0.2) is 42.2 Å². The number of carboxylic acids is 1. The number of ether oxygens (including phenoxy) is 1. The predicted octanol–water partition coefficient (Wildman–Crippen LogP) is 4.95. The normalized spacial score (nSPS) is 17.6. The molecular formula is C26H31NO6. The molecule has 176 valence electrons. The summed E-state index contributed by atoms with van der Waals surface area (Å²) in [6.07, 6.45) is 2.93. The van der Waals surface area contributed by atoms with E-state index in [1.807, 2.05) is 19.9 Å². The van der Waals surface area contributed by atoms with Gasteiger partial charge in [-0.25, -0.2) is 4.79 Å². The van der Waals surface area contributed by atoms with Crippen LogP contribution in [0.1, 0.15) is 72.0 Å². The number of likely N-dealkylation sites (N-methyl/N-ethyl adjacent to an activating group) is 1. The summed E-state index contributed by atoms with van der Waals surface area (Å²) in [5.74, 6) is 0.697. The lowest BCUT2D eigenvalue weighted by Crippen LogP contribution is -2.26. The second-order valence-electron chi connectivity index (χ2n) is 8.52. The fourth-order valence-corrected chi connectivity index (χ4v) is 4.68. The number of aromatic carboxylic acids is 1. The highest BCUT2D eigenvalue weighted by molar-refractivity contribution is 5.96. The van der Waals surface area contributed by atoms with Gasteiger partial charge < -0.3 is 23.6 Å². The molecule has 1 aromatic carbocycles. The zero-order chi connectivity index (χ0) is 23.7. The van der Waals surface area contributed by atoms with Gasteiger partial charge in [0.05, 0.1) is 23.8 Å². The highest BCUT2D eigenvalue weighted by atomic mass is 16.5. The quantitative estimate of drug-likeness (QED) is 0.464. The first-order chi connectivity index (χ1) is 15.9. The Morgan fingerprint density at radius 1 is 1.15 bits per heavy atom. The van der Waals surface area contributed by atoms with Crippen LogP contribution in [0.3, 0.4) is 0 Å². The number of carbonyl (C=O) groups is 1. The summed E-state index contributed by atoms with van der Waals surface area (Å²) in [7, 11) is 0. The van der Waals surface area contributed by atoms with E-state index in [0.29, 0.717) is 41.9 Å². The van der Waals surface area contributed by atoms with Crippen LogP contribution in [0, 0.1) is 6.92 Å². The van der Waals surface area contributed by atoms with Crippen molar-refractivity contribution in [2.75, 3.05) is 26.2 Å². The smallest absolute Gasteiger partial charge is 0.335 e. The van der Waals surface area contributed by atoms with Gasteiger partial charge in [-0.3, -0.25) is 4.79 Å². The van der Waals surface area contributed by atoms with Crippen molar-refractivity contribution in [2.45, 2.75) is 52.4 Å². The summed E-state index contributed by atoms with van der Waals surface area (Å²) in [6.45, 7) is 10.6. The fourth-order valence-electron chi connectivity index (χ4n) is 4.68. The maximum Gasteiger partial charge on any atom is 0.335 e. The van der Waals surface area contributed by atoms with E-state index in [2.05, 4.69) is 18.7 Å². The molecule has 1 aliphatic rings. The summed E-state index contributed by atoms with van der Waals surface area (Å²) >= 11 is 0. The van der Waals surface area contributed by atoms with Gasteiger partial charge in [0.2, 0.25) is 11.2 Å². The Morgan fingerprint density at radius 3 is 2.48 bits per heavy atom. The lowest BCUT2D eigenvalue weighted by Gasteiger charge is -2.19. The second-order valence-corrected chi connectivity index (χ2v) is 8.52. The molecule has 0 spiro atoms. The third kappa shape index (κ3) is 4.29. The highest BCUT2D eigenvalue weighted by Gasteiger charge is 2.47. The molecule has 2 unspecified atom stereocenters. The molecule has 1 aliphatic carbocycles. The van der Waals surface area contributed by atoms with Crippen LogP contribution in [0.2, 0.25) is 0 Å². The average Bonchev–Trinajstić information content (AvgIpc) is 3.47. The van der Waals surface area contributed by atoms with Crippen molar-refractivity contribution in [1.82, 2.24) is 4.90 Å². The zero-order valence-corrected chi connectivity index (χ0v) is 19.6. The van der Waals surface area contributed by atoms with Gasteiger partial charge in [0.15, 0.2) is 5.76 Å². The van der Waals surface area contributed by atoms with Crippen molar-refractivity contribution >= 4 is 16.9 Å². The monoisotopic (exact) mass is 453 g/mol. The largest absolute Gasteiger partial charge is 0.487 e. The van der Waals surface area contributed by atoms with Crippen LogP contribution in [0.15, 0.2) is 38.1 Å². The van der Waals surface area contributed by atoms with Gasteiger partial charge >= 0.3 is 5.97 Å². The average molecular weight is 454 g/mol. The molecule has 0 saturated heterocycles. The number of carboxylic acid groups (broad SMARTS) is 1. The maximum absolute atomic E-state index is 13.7. The van der Waals surface area contributed by atoms with Crippen molar-refractivity contribution in [3.63, 3.8) is 0 Å². The van der Waals surface area contributed by atoms with Crippen molar-refractivity contribution < 1.29 is 23.5 Å². The highest BCUT2D eigenvalue weighted by Crippen LogP contribution is 2.57. The Bertz CT molecular complexity index is 1220. The summed E-state index contributed by atoms with van der Waals surface area (Å²) in [6, 6.07) is 5.06. The first-order valence-corrected chi connectivity index (χ1v) is 11.7. The summed E-state index contributed by atoms with van der Waals surface area (Å²) in [4.78, 5) is 27.9. The number of nitrogens with zero attached hydrogens (tertiary/aromatic N) is 1. The Balaban J connectivity index is 1.84. The molecule has 2 atom stereocenters. The van der Waals surface area contributed by atoms with Crippen molar-refractivity contribution in [3.05, 3.63) is 62.9 Å². The van der Waals surface area contributed by atoms with Crippen LogP contribution in [0.25, 0.3) is 11.0 Å². The van der Waals surface area contributed by atoms with Crippen molar-refractivity contribution in [1.29, 1.82) is 0 Å². The molecule has 0 radical (unpaired) electrons. The minimum Gasteiger partial charge on any atom is -0.487 e. The minimum absolute atomic E-state index is 0.00762. The standard InChI is InChI=1S/C26H31NO6/c1-5-27(6-2)12-10-16-17(26(29)30)8-9-20-21(16)22(28)25(31-7-3)24(33-20)19-14-18(19)23-15(4)11-13-32-23/h8-9,11,13,18-19H,5-7,10,12,14H2,1-4H3,(H,29,30). The van der Waals surface area contributed by atoms with Crippen molar-refractivity contribution in [3.8, 4) is 5.75 Å². The number of hydrogen-bond donors (Lipinski definition) is 1. The number of aryl methyl sites for hydroxylation is 1. The molecule has 0 amide bonds. The SMILES string of the molecule is CCOc1c(C2CC2c2occc2C)oc2ccc(C(=O)O)c(CCN(CC)CC)c2c1=O. The molecular weight excluding hydrogens is 422 g/mol. The maximum atomic E-state index is 13.7. The van der Waals surface area contributed by atoms with Gasteiger partial charge in [-0.15, -0.1) is 0 Å². The Morgan fingerprint density at radius 2 is 1.88 bits per heavy atom. The zero-order valence-electron chi connectivity index (χ0n) is 19.6. The molecule has 0 bridgehead atoms. The van der Waals surface area contributed by atoms with Gasteiger partial charge in [-0.1, -0.05) is 13.8 Å². The number of hydrogen-bond acceptors (Lipinski definition) is 6. The number of rotatable bonds is 10. The summed E-state index contributed by atoms with van der Waals surface area (Å²) < 4.78 is 17.7. The molecule has 1 saturated carbocycles. The van der Waals surface area contributed by atoms with E-state index < -0.39 is 5.97 Å². The van der Waals surface area contributed by atoms with Gasteiger partial charge in [-0.05, 0) is 69.1 Å². The van der Waals surface area contributed by atoms with E-state index in [0.717, 1.165) is 30.8 Å². The third-order valence-corrected chi connectivity index (χ3v) is 6.61. The summed E-state index contributed by atoms with van der Waals surface area (Å²) in [5.41, 5.74) is 1.82. The van der Waals surface area contributed by atoms with Crippen molar-refractivity contribution in [2.24, 2.45) is 0 Å². The molecule has 0 aliphatic heterocycles. The third-order valence-electron chi connectivity index (χ3n) is 6.61. The van der Waals surface area contributed by atoms with Crippen LogP contribution in [-0.2, 0) is 6.42 Å². The lowest BCUT2D eigenvalue weighted by molar-refractivity contribution is 0.0695.